The van der Waals surface area contributed by atoms with Crippen LogP contribution in [0.4, 0.5) is 5.69 Å². The van der Waals surface area contributed by atoms with Gasteiger partial charge >= 0.3 is 5.97 Å². The first-order valence-electron chi connectivity index (χ1n) is 11.3. The van der Waals surface area contributed by atoms with Crippen LogP contribution < -0.4 is 10.3 Å². The van der Waals surface area contributed by atoms with E-state index >= 15 is 0 Å². The van der Waals surface area contributed by atoms with Gasteiger partial charge in [0.2, 0.25) is 0 Å². The minimum Gasteiger partial charge on any atom is -0.454 e. The van der Waals surface area contributed by atoms with Gasteiger partial charge in [-0.25, -0.2) is 0 Å². The molecule has 4 aromatic rings. The number of esters is 1. The maximum atomic E-state index is 13.0. The zero-order chi connectivity index (χ0) is 24.9. The highest BCUT2D eigenvalue weighted by Gasteiger charge is 2.19. The number of hydrogen-bond acceptors (Lipinski definition) is 5. The second-order valence-electron chi connectivity index (χ2n) is 8.41. The number of hydrogen-bond donors (Lipinski definition) is 0. The van der Waals surface area contributed by atoms with Gasteiger partial charge in [-0.2, -0.15) is 5.26 Å². The third-order valence-electron chi connectivity index (χ3n) is 5.79. The van der Waals surface area contributed by atoms with Crippen LogP contribution in [0.3, 0.4) is 0 Å². The van der Waals surface area contributed by atoms with Gasteiger partial charge in [0.05, 0.1) is 23.5 Å². The maximum absolute atomic E-state index is 13.0. The molecule has 4 rings (SSSR count). The van der Waals surface area contributed by atoms with Crippen LogP contribution >= 0.6 is 0 Å². The summed E-state index contributed by atoms with van der Waals surface area (Å²) in [7, 11) is 0. The van der Waals surface area contributed by atoms with Crippen molar-refractivity contribution < 1.29 is 14.3 Å². The van der Waals surface area contributed by atoms with E-state index in [0.717, 1.165) is 11.1 Å². The van der Waals surface area contributed by atoms with Crippen molar-refractivity contribution >= 4 is 39.4 Å². The predicted octanol–water partition coefficient (Wildman–Crippen LogP) is 4.26. The van der Waals surface area contributed by atoms with E-state index < -0.39 is 18.5 Å². The molecule has 0 aliphatic carbocycles. The molecule has 0 unspecified atom stereocenters. The van der Waals surface area contributed by atoms with Gasteiger partial charge in [0.25, 0.3) is 5.91 Å². The van der Waals surface area contributed by atoms with Gasteiger partial charge in [-0.15, -0.1) is 0 Å². The number of anilines is 1. The van der Waals surface area contributed by atoms with Crippen molar-refractivity contribution in [1.29, 1.82) is 5.26 Å². The highest BCUT2D eigenvalue weighted by atomic mass is 16.5. The number of nitrogens with zero attached hydrogens (tertiary/aromatic N) is 3. The van der Waals surface area contributed by atoms with E-state index in [4.69, 9.17) is 10.00 Å². The Balaban J connectivity index is 1.56. The molecule has 0 bridgehead atoms. The summed E-state index contributed by atoms with van der Waals surface area (Å²) in [5.74, 6) is -1.01. The van der Waals surface area contributed by atoms with Crippen molar-refractivity contribution in [2.24, 2.45) is 0 Å². The molecule has 0 atom stereocenters. The molecule has 1 heterocycles. The molecule has 0 N–H and O–H groups in total. The van der Waals surface area contributed by atoms with Crippen LogP contribution in [0, 0.1) is 25.2 Å². The van der Waals surface area contributed by atoms with Crippen molar-refractivity contribution in [1.82, 2.24) is 4.57 Å². The Morgan fingerprint density at radius 2 is 1.51 bits per heavy atom. The minimum absolute atomic E-state index is 0.0995. The summed E-state index contributed by atoms with van der Waals surface area (Å²) in [6, 6.07) is 22.0. The number of benzene rings is 3. The normalized spacial score (nSPS) is 10.8. The summed E-state index contributed by atoms with van der Waals surface area (Å²) in [5.41, 5.74) is 3.77. The molecule has 7 heteroatoms. The Hall–Kier alpha value is -4.44. The standard InChI is InChI=1S/C28H25N3O4/c1-19-14-20(2)16-21(15-19)30(13-7-12-29)26(32)18-35-27(33)17-31-24-10-5-3-8-22(24)28(34)23-9-4-6-11-25(23)31/h3-6,8-11,14-16H,7,13,17-18H2,1-2H3. The quantitative estimate of drug-likeness (QED) is 0.299. The molecule has 176 valence electrons. The second-order valence-corrected chi connectivity index (χ2v) is 8.41. The van der Waals surface area contributed by atoms with E-state index in [0.29, 0.717) is 27.5 Å². The topological polar surface area (TPSA) is 92.4 Å². The number of para-hydroxylation sites is 2. The Labute approximate surface area is 202 Å². The number of aromatic nitrogens is 1. The van der Waals surface area contributed by atoms with Gasteiger partial charge < -0.3 is 14.2 Å². The van der Waals surface area contributed by atoms with Crippen LogP contribution in [-0.4, -0.2) is 29.6 Å². The molecule has 7 nitrogen and oxygen atoms in total. The fraction of sp³-hybridized carbons (Fsp3) is 0.214. The lowest BCUT2D eigenvalue weighted by Gasteiger charge is -2.23. The van der Waals surface area contributed by atoms with E-state index in [9.17, 15) is 14.4 Å². The lowest BCUT2D eigenvalue weighted by molar-refractivity contribution is -0.148. The Bertz CT molecular complexity index is 1450. The van der Waals surface area contributed by atoms with E-state index in [1.807, 2.05) is 32.0 Å². The van der Waals surface area contributed by atoms with E-state index in [2.05, 4.69) is 6.07 Å². The molecule has 0 aliphatic rings. The molecule has 3 aromatic carbocycles. The molecule has 0 spiro atoms. The lowest BCUT2D eigenvalue weighted by Crippen LogP contribution is -2.36. The molecule has 35 heavy (non-hydrogen) atoms. The zero-order valence-electron chi connectivity index (χ0n) is 19.7. The number of pyridine rings is 1. The average Bonchev–Trinajstić information content (AvgIpc) is 2.85. The summed E-state index contributed by atoms with van der Waals surface area (Å²) >= 11 is 0. The molecule has 1 aromatic heterocycles. The monoisotopic (exact) mass is 467 g/mol. The minimum atomic E-state index is -0.599. The Morgan fingerprint density at radius 3 is 2.09 bits per heavy atom. The summed E-state index contributed by atoms with van der Waals surface area (Å²) in [5, 5.41) is 10.0. The third kappa shape index (κ3) is 5.07. The molecule has 0 fully saturated rings. The van der Waals surface area contributed by atoms with E-state index in [-0.39, 0.29) is 24.9 Å². The van der Waals surface area contributed by atoms with Crippen molar-refractivity contribution in [3.8, 4) is 6.07 Å². The van der Waals surface area contributed by atoms with Crippen LogP contribution in [0.5, 0.6) is 0 Å². The molecule has 0 radical (unpaired) electrons. The third-order valence-corrected chi connectivity index (χ3v) is 5.79. The summed E-state index contributed by atoms with van der Waals surface area (Å²) in [6.45, 7) is 3.46. The molecular formula is C28H25N3O4. The summed E-state index contributed by atoms with van der Waals surface area (Å²) in [6.07, 6.45) is 0.155. The molecular weight excluding hydrogens is 442 g/mol. The lowest BCUT2D eigenvalue weighted by atomic mass is 10.1. The van der Waals surface area contributed by atoms with E-state index in [1.54, 1.807) is 53.1 Å². The number of carbonyl (C=O) groups excluding carboxylic acids is 2. The largest absolute Gasteiger partial charge is 0.454 e. The van der Waals surface area contributed by atoms with Crippen LogP contribution in [-0.2, 0) is 20.9 Å². The van der Waals surface area contributed by atoms with Crippen molar-refractivity contribution in [3.63, 3.8) is 0 Å². The number of carbonyl (C=O) groups is 2. The van der Waals surface area contributed by atoms with Crippen LogP contribution in [0.25, 0.3) is 21.8 Å². The second kappa shape index (κ2) is 10.2. The van der Waals surface area contributed by atoms with Crippen LogP contribution in [0.15, 0.2) is 71.5 Å². The van der Waals surface area contributed by atoms with Gasteiger partial charge in [0.15, 0.2) is 12.0 Å². The first kappa shape index (κ1) is 23.7. The number of fused-ring (bicyclic) bond motifs is 2. The molecule has 0 saturated heterocycles. The molecule has 1 amide bonds. The highest BCUT2D eigenvalue weighted by molar-refractivity contribution is 5.96. The zero-order valence-corrected chi connectivity index (χ0v) is 19.7. The van der Waals surface area contributed by atoms with Crippen LogP contribution in [0.1, 0.15) is 17.5 Å². The van der Waals surface area contributed by atoms with Crippen molar-refractivity contribution in [2.75, 3.05) is 18.1 Å². The summed E-state index contributed by atoms with van der Waals surface area (Å²) < 4.78 is 7.10. The van der Waals surface area contributed by atoms with E-state index in [1.165, 1.54) is 4.90 Å². The van der Waals surface area contributed by atoms with Crippen LogP contribution in [0.2, 0.25) is 0 Å². The van der Waals surface area contributed by atoms with Crippen molar-refractivity contribution in [3.05, 3.63) is 88.1 Å². The predicted molar refractivity (Wildman–Crippen MR) is 135 cm³/mol. The molecule has 0 aliphatic heterocycles. The average molecular weight is 468 g/mol. The first-order valence-corrected chi connectivity index (χ1v) is 11.3. The number of amides is 1. The number of aryl methyl sites for hydroxylation is 2. The SMILES string of the molecule is Cc1cc(C)cc(N(CCC#N)C(=O)COC(=O)Cn2c3ccccc3c(=O)c3ccccc32)c1. The van der Waals surface area contributed by atoms with Gasteiger partial charge in [0, 0.05) is 23.0 Å². The van der Waals surface area contributed by atoms with Crippen molar-refractivity contribution in [2.45, 2.75) is 26.8 Å². The summed E-state index contributed by atoms with van der Waals surface area (Å²) in [4.78, 5) is 40.2. The smallest absolute Gasteiger partial charge is 0.326 e. The number of ether oxygens (including phenoxy) is 1. The fourth-order valence-electron chi connectivity index (χ4n) is 4.31. The highest BCUT2D eigenvalue weighted by Crippen LogP contribution is 2.21. The maximum Gasteiger partial charge on any atom is 0.326 e. The van der Waals surface area contributed by atoms with Gasteiger partial charge in [-0.05, 0) is 61.4 Å². The molecule has 0 saturated carbocycles. The number of nitriles is 1. The van der Waals surface area contributed by atoms with Gasteiger partial charge in [-0.1, -0.05) is 30.3 Å². The fourth-order valence-corrected chi connectivity index (χ4v) is 4.31. The van der Waals surface area contributed by atoms with Gasteiger partial charge in [0.1, 0.15) is 6.54 Å². The number of rotatable bonds is 7. The Kier molecular flexibility index (Phi) is 6.93. The first-order chi connectivity index (χ1) is 16.9. The Morgan fingerprint density at radius 1 is 0.943 bits per heavy atom. The van der Waals surface area contributed by atoms with Gasteiger partial charge in [-0.3, -0.25) is 14.4 Å².